The lowest BCUT2D eigenvalue weighted by Gasteiger charge is -2.10. The third-order valence-corrected chi connectivity index (χ3v) is 4.13. The molecule has 0 saturated heterocycles. The molecule has 0 aliphatic carbocycles. The first-order valence-corrected chi connectivity index (χ1v) is 6.37. The van der Waals surface area contributed by atoms with Crippen LogP contribution in [0.3, 0.4) is 0 Å². The highest BCUT2D eigenvalue weighted by Gasteiger charge is 2.30. The first kappa shape index (κ1) is 12.7. The number of rotatable bonds is 5. The average molecular weight is 243 g/mol. The molecule has 0 aliphatic heterocycles. The van der Waals surface area contributed by atoms with Crippen molar-refractivity contribution < 1.29 is 18.3 Å². The van der Waals surface area contributed by atoms with Crippen LogP contribution in [0.5, 0.6) is 0 Å². The zero-order chi connectivity index (χ0) is 12.2. The molecule has 0 aliphatic rings. The van der Waals surface area contributed by atoms with Gasteiger partial charge in [0.25, 0.3) is 0 Å². The van der Waals surface area contributed by atoms with Crippen LogP contribution in [-0.4, -0.2) is 31.3 Å². The van der Waals surface area contributed by atoms with Gasteiger partial charge in [0, 0.05) is 6.54 Å². The van der Waals surface area contributed by atoms with Crippen LogP contribution in [-0.2, 0) is 20.4 Å². The Morgan fingerprint density at radius 2 is 1.88 bits per heavy atom. The maximum absolute atomic E-state index is 11.7. The Balaban J connectivity index is 2.91. The normalized spacial score (nSPS) is 13.3. The summed E-state index contributed by atoms with van der Waals surface area (Å²) in [6.45, 7) is -0.412. The molecule has 3 N–H and O–H groups in total. The number of carboxylic acid groups (broad SMARTS) is 1. The molecule has 6 heteroatoms. The van der Waals surface area contributed by atoms with Gasteiger partial charge in [-0.05, 0) is 5.56 Å². The minimum Gasteiger partial charge on any atom is -0.480 e. The van der Waals surface area contributed by atoms with Gasteiger partial charge in [-0.3, -0.25) is 4.79 Å². The van der Waals surface area contributed by atoms with Crippen molar-refractivity contribution in [2.24, 2.45) is 5.73 Å². The molecular formula is C10H13NO4S. The topological polar surface area (TPSA) is 97.5 Å². The number of hydrogen-bond acceptors (Lipinski definition) is 4. The second-order valence-corrected chi connectivity index (χ2v) is 5.54. The van der Waals surface area contributed by atoms with Crippen molar-refractivity contribution in [3.63, 3.8) is 0 Å². The van der Waals surface area contributed by atoms with Crippen molar-refractivity contribution >= 4 is 15.8 Å². The van der Waals surface area contributed by atoms with Gasteiger partial charge in [0.15, 0.2) is 15.1 Å². The molecule has 5 nitrogen and oxygen atoms in total. The summed E-state index contributed by atoms with van der Waals surface area (Å²) in [7, 11) is -3.75. The maximum Gasteiger partial charge on any atom is 0.323 e. The van der Waals surface area contributed by atoms with Gasteiger partial charge in [-0.15, -0.1) is 0 Å². The summed E-state index contributed by atoms with van der Waals surface area (Å²) in [6, 6.07) is 8.42. The Kier molecular flexibility index (Phi) is 4.03. The summed E-state index contributed by atoms with van der Waals surface area (Å²) >= 11 is 0. The van der Waals surface area contributed by atoms with E-state index in [4.69, 9.17) is 10.8 Å². The highest BCUT2D eigenvalue weighted by molar-refractivity contribution is 7.92. The maximum atomic E-state index is 11.7. The average Bonchev–Trinajstić information content (AvgIpc) is 2.18. The van der Waals surface area contributed by atoms with Crippen LogP contribution in [0.2, 0.25) is 0 Å². The van der Waals surface area contributed by atoms with Crippen LogP contribution in [0.25, 0.3) is 0 Å². The van der Waals surface area contributed by atoms with E-state index >= 15 is 0 Å². The minimum atomic E-state index is -3.75. The third kappa shape index (κ3) is 3.04. The van der Waals surface area contributed by atoms with Gasteiger partial charge in [-0.2, -0.15) is 0 Å². The molecule has 0 saturated carbocycles. The summed E-state index contributed by atoms with van der Waals surface area (Å²) in [6.07, 6.45) is 0. The quantitative estimate of drug-likeness (QED) is 0.759. The Bertz CT molecular complexity index is 455. The number of sulfone groups is 1. The fourth-order valence-electron chi connectivity index (χ4n) is 1.31. The molecule has 1 aromatic rings. The SMILES string of the molecule is NCC(C(=O)O)S(=O)(=O)Cc1ccccc1. The molecule has 1 aromatic carbocycles. The fraction of sp³-hybridized carbons (Fsp3) is 0.300. The van der Waals surface area contributed by atoms with Crippen LogP contribution in [0, 0.1) is 0 Å². The molecule has 0 radical (unpaired) electrons. The van der Waals surface area contributed by atoms with Gasteiger partial charge in [-0.1, -0.05) is 30.3 Å². The van der Waals surface area contributed by atoms with Crippen LogP contribution in [0.15, 0.2) is 30.3 Å². The van der Waals surface area contributed by atoms with E-state index in [1.54, 1.807) is 30.3 Å². The van der Waals surface area contributed by atoms with E-state index in [1.165, 1.54) is 0 Å². The molecule has 0 heterocycles. The molecule has 0 bridgehead atoms. The molecular weight excluding hydrogens is 230 g/mol. The Morgan fingerprint density at radius 3 is 2.31 bits per heavy atom. The van der Waals surface area contributed by atoms with Crippen LogP contribution < -0.4 is 5.73 Å². The first-order valence-electron chi connectivity index (χ1n) is 4.65. The van der Waals surface area contributed by atoms with Gasteiger partial charge in [0.1, 0.15) is 0 Å². The molecule has 1 rings (SSSR count). The van der Waals surface area contributed by atoms with E-state index in [0.717, 1.165) is 0 Å². The van der Waals surface area contributed by atoms with Crippen molar-refractivity contribution in [1.29, 1.82) is 0 Å². The molecule has 0 aromatic heterocycles. The first-order chi connectivity index (χ1) is 7.47. The van der Waals surface area contributed by atoms with E-state index in [9.17, 15) is 13.2 Å². The van der Waals surface area contributed by atoms with Crippen molar-refractivity contribution in [1.82, 2.24) is 0 Å². The molecule has 0 fully saturated rings. The van der Waals surface area contributed by atoms with Crippen LogP contribution in [0.4, 0.5) is 0 Å². The summed E-state index contributed by atoms with van der Waals surface area (Å²) in [5.74, 6) is -1.71. The lowest BCUT2D eigenvalue weighted by Crippen LogP contribution is -2.37. The van der Waals surface area contributed by atoms with Gasteiger partial charge in [0.05, 0.1) is 5.75 Å². The van der Waals surface area contributed by atoms with E-state index in [-0.39, 0.29) is 5.75 Å². The Labute approximate surface area is 93.8 Å². The summed E-state index contributed by atoms with van der Waals surface area (Å²) in [4.78, 5) is 10.7. The predicted molar refractivity (Wildman–Crippen MR) is 59.5 cm³/mol. The van der Waals surface area contributed by atoms with Gasteiger partial charge < -0.3 is 10.8 Å². The monoisotopic (exact) mass is 243 g/mol. The summed E-state index contributed by atoms with van der Waals surface area (Å²) in [5, 5.41) is 7.19. The molecule has 88 valence electrons. The molecule has 0 amide bonds. The standard InChI is InChI=1S/C10H13NO4S/c11-6-9(10(12)13)16(14,15)7-8-4-2-1-3-5-8/h1-5,9H,6-7,11H2,(H,12,13). The number of carbonyl (C=O) groups is 1. The van der Waals surface area contributed by atoms with E-state index in [1.807, 2.05) is 0 Å². The molecule has 16 heavy (non-hydrogen) atoms. The zero-order valence-corrected chi connectivity index (χ0v) is 9.35. The smallest absolute Gasteiger partial charge is 0.323 e. The molecule has 1 unspecified atom stereocenters. The number of hydrogen-bond donors (Lipinski definition) is 2. The lowest BCUT2D eigenvalue weighted by atomic mass is 10.2. The highest BCUT2D eigenvalue weighted by Crippen LogP contribution is 2.10. The number of benzene rings is 1. The zero-order valence-electron chi connectivity index (χ0n) is 8.54. The third-order valence-electron chi connectivity index (χ3n) is 2.13. The number of nitrogens with two attached hydrogens (primary N) is 1. The van der Waals surface area contributed by atoms with Gasteiger partial charge in [-0.25, -0.2) is 8.42 Å². The van der Waals surface area contributed by atoms with Crippen molar-refractivity contribution in [2.75, 3.05) is 6.54 Å². The molecule has 1 atom stereocenters. The summed E-state index contributed by atoms with van der Waals surface area (Å²) in [5.41, 5.74) is 5.71. The molecule has 0 spiro atoms. The second-order valence-electron chi connectivity index (χ2n) is 3.36. The number of carboxylic acids is 1. The lowest BCUT2D eigenvalue weighted by molar-refractivity contribution is -0.136. The number of aliphatic carboxylic acids is 1. The van der Waals surface area contributed by atoms with Crippen molar-refractivity contribution in [3.8, 4) is 0 Å². The second kappa shape index (κ2) is 5.09. The predicted octanol–water partition coefficient (Wildman–Crippen LogP) is 0.0133. The fourth-order valence-corrected chi connectivity index (χ4v) is 2.77. The van der Waals surface area contributed by atoms with Gasteiger partial charge >= 0.3 is 5.97 Å². The van der Waals surface area contributed by atoms with E-state index in [2.05, 4.69) is 0 Å². The van der Waals surface area contributed by atoms with Crippen LogP contribution >= 0.6 is 0 Å². The van der Waals surface area contributed by atoms with E-state index < -0.39 is 27.6 Å². The van der Waals surface area contributed by atoms with Crippen LogP contribution in [0.1, 0.15) is 5.56 Å². The van der Waals surface area contributed by atoms with Crippen molar-refractivity contribution in [3.05, 3.63) is 35.9 Å². The highest BCUT2D eigenvalue weighted by atomic mass is 32.2. The van der Waals surface area contributed by atoms with E-state index in [0.29, 0.717) is 5.56 Å². The Morgan fingerprint density at radius 1 is 1.31 bits per heavy atom. The largest absolute Gasteiger partial charge is 0.480 e. The summed E-state index contributed by atoms with van der Waals surface area (Å²) < 4.78 is 23.4. The minimum absolute atomic E-state index is 0.304. The van der Waals surface area contributed by atoms with Crippen molar-refractivity contribution in [2.45, 2.75) is 11.0 Å². The Hall–Kier alpha value is -1.40. The van der Waals surface area contributed by atoms with Gasteiger partial charge in [0.2, 0.25) is 0 Å².